The van der Waals surface area contributed by atoms with Crippen molar-refractivity contribution in [1.82, 2.24) is 0 Å². The van der Waals surface area contributed by atoms with Crippen LogP contribution in [0.15, 0.2) is 34.3 Å². The van der Waals surface area contributed by atoms with Crippen molar-refractivity contribution in [3.05, 3.63) is 24.3 Å². The third kappa shape index (κ3) is 10.3. The first-order valence-corrected chi connectivity index (χ1v) is 6.22. The number of thiocarbonyl (C=S) groups is 2. The Labute approximate surface area is 125 Å². The molecule has 0 saturated heterocycles. The van der Waals surface area contributed by atoms with Crippen molar-refractivity contribution in [2.24, 2.45) is 9.98 Å². The fraction of sp³-hybridized carbons (Fsp3) is 0.333. The van der Waals surface area contributed by atoms with Gasteiger partial charge in [0.05, 0.1) is 16.0 Å². The number of benzene rings is 1. The summed E-state index contributed by atoms with van der Waals surface area (Å²) in [4.78, 5) is 7.23. The van der Waals surface area contributed by atoms with Crippen LogP contribution in [0.1, 0.15) is 13.3 Å². The second-order valence-electron chi connectivity index (χ2n) is 3.22. The summed E-state index contributed by atoms with van der Waals surface area (Å²) in [5.41, 5.74) is 0.425. The van der Waals surface area contributed by atoms with Crippen LogP contribution in [0.4, 0.5) is 18.9 Å². The molecule has 8 heteroatoms. The van der Waals surface area contributed by atoms with Crippen LogP contribution in [0.3, 0.4) is 0 Å². The van der Waals surface area contributed by atoms with Crippen LogP contribution in [0.5, 0.6) is 5.75 Å². The molecule has 0 fully saturated rings. The molecule has 1 aromatic carbocycles. The molecule has 0 saturated carbocycles. The van der Waals surface area contributed by atoms with Gasteiger partial charge >= 0.3 is 6.36 Å². The summed E-state index contributed by atoms with van der Waals surface area (Å²) in [5.74, 6) is -0.291. The van der Waals surface area contributed by atoms with Crippen LogP contribution < -0.4 is 4.74 Å². The Balaban J connectivity index is 0.000000511. The molecule has 0 amide bonds. The lowest BCUT2D eigenvalue weighted by atomic mass is 10.3. The smallest absolute Gasteiger partial charge is 0.406 e. The molecule has 1 aromatic rings. The number of halogens is 3. The van der Waals surface area contributed by atoms with Gasteiger partial charge in [-0.05, 0) is 55.1 Å². The first kappa shape index (κ1) is 18.4. The first-order chi connectivity index (χ1) is 9.42. The summed E-state index contributed by atoms with van der Waals surface area (Å²) in [7, 11) is 0. The van der Waals surface area contributed by atoms with Gasteiger partial charge in [-0.2, -0.15) is 4.99 Å². The van der Waals surface area contributed by atoms with Crippen molar-refractivity contribution in [3.63, 3.8) is 0 Å². The van der Waals surface area contributed by atoms with E-state index in [1.165, 1.54) is 12.1 Å². The SMILES string of the molecule is CCCN=C=S.FC(F)(F)Oc1ccc(N=C=S)cc1. The van der Waals surface area contributed by atoms with E-state index in [1.54, 1.807) is 0 Å². The number of ether oxygens (including phenoxy) is 1. The third-order valence-electron chi connectivity index (χ3n) is 1.65. The van der Waals surface area contributed by atoms with Crippen LogP contribution in [0.25, 0.3) is 0 Å². The quantitative estimate of drug-likeness (QED) is 0.589. The Bertz CT molecular complexity index is 490. The highest BCUT2D eigenvalue weighted by Gasteiger charge is 2.30. The minimum absolute atomic E-state index is 0.291. The van der Waals surface area contributed by atoms with Crippen molar-refractivity contribution >= 4 is 40.4 Å². The largest absolute Gasteiger partial charge is 0.573 e. The highest BCUT2D eigenvalue weighted by Crippen LogP contribution is 2.24. The van der Waals surface area contributed by atoms with E-state index in [0.29, 0.717) is 5.69 Å². The topological polar surface area (TPSA) is 34.0 Å². The summed E-state index contributed by atoms with van der Waals surface area (Å²) in [6.45, 7) is 2.87. The minimum Gasteiger partial charge on any atom is -0.406 e. The molecule has 20 heavy (non-hydrogen) atoms. The van der Waals surface area contributed by atoms with Crippen molar-refractivity contribution in [3.8, 4) is 5.75 Å². The molecule has 0 aliphatic heterocycles. The number of nitrogens with zero attached hydrogens (tertiary/aromatic N) is 2. The van der Waals surface area contributed by atoms with E-state index < -0.39 is 6.36 Å². The molecule has 0 aliphatic carbocycles. The molecule has 0 heterocycles. The summed E-state index contributed by atoms with van der Waals surface area (Å²) in [6, 6.07) is 5.00. The van der Waals surface area contributed by atoms with E-state index in [1.807, 2.05) is 0 Å². The van der Waals surface area contributed by atoms with Crippen LogP contribution >= 0.6 is 24.4 Å². The Morgan fingerprint density at radius 3 is 2.10 bits per heavy atom. The number of hydrogen-bond donors (Lipinski definition) is 0. The molecular formula is C12H11F3N2OS2. The van der Waals surface area contributed by atoms with Crippen LogP contribution in [0.2, 0.25) is 0 Å². The fourth-order valence-electron chi connectivity index (χ4n) is 0.932. The lowest BCUT2D eigenvalue weighted by Crippen LogP contribution is -2.16. The lowest BCUT2D eigenvalue weighted by Gasteiger charge is -2.07. The number of isothiocyanates is 2. The molecule has 0 unspecified atom stereocenters. The van der Waals surface area contributed by atoms with Gasteiger partial charge < -0.3 is 4.74 Å². The predicted molar refractivity (Wildman–Crippen MR) is 78.0 cm³/mol. The Morgan fingerprint density at radius 1 is 1.15 bits per heavy atom. The normalized spacial score (nSPS) is 9.40. The van der Waals surface area contributed by atoms with E-state index >= 15 is 0 Å². The van der Waals surface area contributed by atoms with Crippen molar-refractivity contribution < 1.29 is 17.9 Å². The van der Waals surface area contributed by atoms with Gasteiger partial charge in [-0.3, -0.25) is 0 Å². The molecular weight excluding hydrogens is 309 g/mol. The molecule has 1 rings (SSSR count). The monoisotopic (exact) mass is 320 g/mol. The standard InChI is InChI=1S/C8H4F3NOS.C4H7NS/c9-8(10,11)13-7-3-1-6(2-4-7)12-5-14;1-2-3-5-4-6/h1-4H;2-3H2,1H3. The molecule has 0 bridgehead atoms. The predicted octanol–water partition coefficient (Wildman–Crippen LogP) is 4.82. The minimum atomic E-state index is -4.67. The maximum absolute atomic E-state index is 11.7. The van der Waals surface area contributed by atoms with Gasteiger partial charge in [-0.25, -0.2) is 4.99 Å². The van der Waals surface area contributed by atoms with Crippen molar-refractivity contribution in [1.29, 1.82) is 0 Å². The zero-order chi connectivity index (χ0) is 15.4. The Kier molecular flexibility index (Phi) is 9.41. The van der Waals surface area contributed by atoms with Crippen LogP contribution in [-0.4, -0.2) is 23.2 Å². The van der Waals surface area contributed by atoms with Gasteiger partial charge in [0.15, 0.2) is 0 Å². The zero-order valence-corrected chi connectivity index (χ0v) is 12.1. The number of hydrogen-bond acceptors (Lipinski definition) is 5. The van der Waals surface area contributed by atoms with Crippen molar-refractivity contribution in [2.45, 2.75) is 19.7 Å². The van der Waals surface area contributed by atoms with E-state index in [0.717, 1.165) is 25.1 Å². The average Bonchev–Trinajstić information content (AvgIpc) is 2.38. The molecule has 0 atom stereocenters. The number of alkyl halides is 3. The van der Waals surface area contributed by atoms with E-state index in [-0.39, 0.29) is 5.75 Å². The Morgan fingerprint density at radius 2 is 1.75 bits per heavy atom. The average molecular weight is 320 g/mol. The number of aliphatic imine (C=N–C) groups is 2. The van der Waals surface area contributed by atoms with Gasteiger partial charge in [0.1, 0.15) is 5.75 Å². The Hall–Kier alpha value is -1.59. The summed E-state index contributed by atoms with van der Waals surface area (Å²) in [6.07, 6.45) is -3.61. The summed E-state index contributed by atoms with van der Waals surface area (Å²) < 4.78 is 38.8. The summed E-state index contributed by atoms with van der Waals surface area (Å²) in [5, 5.41) is 4.37. The van der Waals surface area contributed by atoms with Gasteiger partial charge in [0.25, 0.3) is 0 Å². The second-order valence-corrected chi connectivity index (χ2v) is 3.58. The van der Waals surface area contributed by atoms with Crippen LogP contribution in [-0.2, 0) is 0 Å². The van der Waals surface area contributed by atoms with Gasteiger partial charge in [0.2, 0.25) is 0 Å². The van der Waals surface area contributed by atoms with E-state index in [4.69, 9.17) is 0 Å². The highest BCUT2D eigenvalue weighted by atomic mass is 32.1. The highest BCUT2D eigenvalue weighted by molar-refractivity contribution is 7.78. The molecule has 0 radical (unpaired) electrons. The maximum Gasteiger partial charge on any atom is 0.573 e. The number of rotatable bonds is 4. The third-order valence-corrected chi connectivity index (χ3v) is 1.87. The van der Waals surface area contributed by atoms with Crippen LogP contribution in [0, 0.1) is 0 Å². The first-order valence-electron chi connectivity index (χ1n) is 5.40. The molecule has 0 N–H and O–H groups in total. The van der Waals surface area contributed by atoms with Gasteiger partial charge in [0, 0.05) is 6.54 Å². The maximum atomic E-state index is 11.7. The molecule has 0 aromatic heterocycles. The van der Waals surface area contributed by atoms with E-state index in [9.17, 15) is 13.2 Å². The zero-order valence-electron chi connectivity index (χ0n) is 10.5. The lowest BCUT2D eigenvalue weighted by molar-refractivity contribution is -0.274. The van der Waals surface area contributed by atoms with Gasteiger partial charge in [-0.15, -0.1) is 13.2 Å². The van der Waals surface area contributed by atoms with E-state index in [2.05, 4.69) is 56.4 Å². The molecule has 3 nitrogen and oxygen atoms in total. The molecule has 0 aliphatic rings. The molecule has 108 valence electrons. The van der Waals surface area contributed by atoms with Crippen molar-refractivity contribution in [2.75, 3.05) is 6.54 Å². The fourth-order valence-corrected chi connectivity index (χ4v) is 1.13. The van der Waals surface area contributed by atoms with Gasteiger partial charge in [-0.1, -0.05) is 6.92 Å². The molecule has 0 spiro atoms. The second kappa shape index (κ2) is 10.2. The summed E-state index contributed by atoms with van der Waals surface area (Å²) >= 11 is 8.63.